The van der Waals surface area contributed by atoms with Gasteiger partial charge in [0.25, 0.3) is 0 Å². The van der Waals surface area contributed by atoms with Crippen molar-refractivity contribution in [3.8, 4) is 11.5 Å². The van der Waals surface area contributed by atoms with E-state index in [4.69, 9.17) is 4.74 Å². The van der Waals surface area contributed by atoms with Gasteiger partial charge in [-0.3, -0.25) is 0 Å². The minimum atomic E-state index is 0.890. The number of hydrogen-bond donors (Lipinski definition) is 0. The molecule has 0 bridgehead atoms. The van der Waals surface area contributed by atoms with Crippen LogP contribution in [0.3, 0.4) is 0 Å². The van der Waals surface area contributed by atoms with Crippen LogP contribution in [0.15, 0.2) is 60.7 Å². The second kappa shape index (κ2) is 4.72. The van der Waals surface area contributed by atoms with Crippen LogP contribution in [0.25, 0.3) is 34.2 Å². The molecular formula is C23H16O. The predicted molar refractivity (Wildman–Crippen MR) is 101 cm³/mol. The molecule has 0 amide bonds. The van der Waals surface area contributed by atoms with E-state index in [2.05, 4.69) is 74.2 Å². The Morgan fingerprint density at radius 1 is 0.750 bits per heavy atom. The Morgan fingerprint density at radius 2 is 1.42 bits per heavy atom. The van der Waals surface area contributed by atoms with Gasteiger partial charge in [0.1, 0.15) is 11.5 Å². The van der Waals surface area contributed by atoms with Gasteiger partial charge in [-0.15, -0.1) is 0 Å². The summed E-state index contributed by atoms with van der Waals surface area (Å²) in [6.07, 6.45) is 2.26. The zero-order chi connectivity index (χ0) is 16.3. The van der Waals surface area contributed by atoms with Gasteiger partial charge in [0.2, 0.25) is 0 Å². The third-order valence-corrected chi connectivity index (χ3v) is 4.90. The molecular weight excluding hydrogens is 292 g/mol. The fourth-order valence-electron chi connectivity index (χ4n) is 3.72. The van der Waals surface area contributed by atoms with E-state index in [0.717, 1.165) is 27.5 Å². The lowest BCUT2D eigenvalue weighted by Gasteiger charge is -2.19. The number of benzene rings is 4. The van der Waals surface area contributed by atoms with E-state index in [1.807, 2.05) is 6.07 Å². The van der Waals surface area contributed by atoms with Gasteiger partial charge in [0.05, 0.1) is 0 Å². The van der Waals surface area contributed by atoms with E-state index in [-0.39, 0.29) is 0 Å². The molecule has 4 aromatic carbocycles. The van der Waals surface area contributed by atoms with Gasteiger partial charge in [0.15, 0.2) is 0 Å². The Kier molecular flexibility index (Phi) is 2.63. The van der Waals surface area contributed by atoms with Gasteiger partial charge in [-0.05, 0) is 57.5 Å². The molecule has 1 aliphatic heterocycles. The highest BCUT2D eigenvalue weighted by atomic mass is 16.5. The van der Waals surface area contributed by atoms with Gasteiger partial charge in [-0.2, -0.15) is 0 Å². The van der Waals surface area contributed by atoms with Gasteiger partial charge in [-0.25, -0.2) is 0 Å². The summed E-state index contributed by atoms with van der Waals surface area (Å²) in [6, 6.07) is 21.1. The summed E-state index contributed by atoms with van der Waals surface area (Å²) in [6.45, 7) is 6.32. The largest absolute Gasteiger partial charge is 0.456 e. The van der Waals surface area contributed by atoms with Crippen LogP contribution in [0.4, 0.5) is 0 Å². The molecule has 0 saturated carbocycles. The number of hydrogen-bond acceptors (Lipinski definition) is 1. The summed E-state index contributed by atoms with van der Waals surface area (Å²) >= 11 is 0. The molecule has 0 fully saturated rings. The fourth-order valence-corrected chi connectivity index (χ4v) is 3.72. The second-order valence-electron chi connectivity index (χ2n) is 6.39. The first-order chi connectivity index (χ1) is 11.7. The highest BCUT2D eigenvalue weighted by Gasteiger charge is 2.16. The summed E-state index contributed by atoms with van der Waals surface area (Å²) in [4.78, 5) is 0. The Hall–Kier alpha value is -3.06. The number of rotatable bonds is 0. The first kappa shape index (κ1) is 13.4. The van der Waals surface area contributed by atoms with Crippen LogP contribution in [0.2, 0.25) is 0 Å². The molecule has 0 aliphatic carbocycles. The van der Waals surface area contributed by atoms with Gasteiger partial charge in [0, 0.05) is 10.8 Å². The maximum absolute atomic E-state index is 6.28. The van der Waals surface area contributed by atoms with Gasteiger partial charge >= 0.3 is 0 Å². The van der Waals surface area contributed by atoms with E-state index >= 15 is 0 Å². The van der Waals surface area contributed by atoms with Gasteiger partial charge in [-0.1, -0.05) is 55.1 Å². The van der Waals surface area contributed by atoms with Crippen molar-refractivity contribution in [1.82, 2.24) is 0 Å². The van der Waals surface area contributed by atoms with Crippen molar-refractivity contribution in [2.45, 2.75) is 6.92 Å². The molecule has 0 spiro atoms. The molecule has 4 aromatic rings. The van der Waals surface area contributed by atoms with E-state index < -0.39 is 0 Å². The lowest BCUT2D eigenvalue weighted by Crippen LogP contribution is -2.17. The van der Waals surface area contributed by atoms with Crippen LogP contribution < -0.4 is 15.2 Å². The molecule has 114 valence electrons. The highest BCUT2D eigenvalue weighted by molar-refractivity contribution is 5.98. The van der Waals surface area contributed by atoms with E-state index in [1.54, 1.807) is 0 Å². The first-order valence-electron chi connectivity index (χ1n) is 8.15. The van der Waals surface area contributed by atoms with Crippen molar-refractivity contribution in [1.29, 1.82) is 0 Å². The Balaban J connectivity index is 1.98. The summed E-state index contributed by atoms with van der Waals surface area (Å²) in [7, 11) is 0. The van der Waals surface area contributed by atoms with Crippen molar-refractivity contribution in [2.24, 2.45) is 0 Å². The highest BCUT2D eigenvalue weighted by Crippen LogP contribution is 2.36. The van der Waals surface area contributed by atoms with Crippen LogP contribution in [0.1, 0.15) is 11.1 Å². The molecule has 1 heterocycles. The number of aryl methyl sites for hydroxylation is 1. The average molecular weight is 308 g/mol. The third-order valence-electron chi connectivity index (χ3n) is 4.90. The smallest absolute Gasteiger partial charge is 0.135 e. The lowest BCUT2D eigenvalue weighted by molar-refractivity contribution is 0.475. The van der Waals surface area contributed by atoms with E-state index in [1.165, 1.54) is 27.1 Å². The van der Waals surface area contributed by atoms with Crippen LogP contribution in [0.5, 0.6) is 11.5 Å². The zero-order valence-electron chi connectivity index (χ0n) is 13.5. The molecule has 5 rings (SSSR count). The van der Waals surface area contributed by atoms with E-state index in [9.17, 15) is 0 Å². The maximum atomic E-state index is 6.28. The lowest BCUT2D eigenvalue weighted by atomic mass is 9.95. The molecule has 0 aromatic heterocycles. The first-order valence-corrected chi connectivity index (χ1v) is 8.15. The SMILES string of the molecule is C=c1cc2c(c3ccccc13)=Cc1c(cc(C)c3ccccc13)O2. The summed E-state index contributed by atoms with van der Waals surface area (Å²) < 4.78 is 6.28. The maximum Gasteiger partial charge on any atom is 0.135 e. The Labute approximate surface area is 140 Å². The monoisotopic (exact) mass is 308 g/mol. The molecule has 0 atom stereocenters. The second-order valence-corrected chi connectivity index (χ2v) is 6.39. The molecule has 1 aliphatic rings. The molecule has 0 N–H and O–H groups in total. The van der Waals surface area contributed by atoms with Crippen molar-refractivity contribution in [3.05, 3.63) is 82.2 Å². The minimum Gasteiger partial charge on any atom is -0.456 e. The van der Waals surface area contributed by atoms with Crippen LogP contribution in [-0.2, 0) is 0 Å². The summed E-state index contributed by atoms with van der Waals surface area (Å²) in [5, 5.41) is 7.02. The van der Waals surface area contributed by atoms with Crippen molar-refractivity contribution >= 4 is 34.2 Å². The third kappa shape index (κ3) is 1.75. The number of ether oxygens (including phenoxy) is 1. The molecule has 0 radical (unpaired) electrons. The van der Waals surface area contributed by atoms with E-state index in [0.29, 0.717) is 0 Å². The molecule has 0 saturated heterocycles. The zero-order valence-corrected chi connectivity index (χ0v) is 13.5. The van der Waals surface area contributed by atoms with Crippen LogP contribution in [-0.4, -0.2) is 0 Å². The quantitative estimate of drug-likeness (QED) is 0.405. The van der Waals surface area contributed by atoms with Crippen LogP contribution in [0, 0.1) is 6.92 Å². The molecule has 24 heavy (non-hydrogen) atoms. The summed E-state index contributed by atoms with van der Waals surface area (Å²) in [5.74, 6) is 1.81. The minimum absolute atomic E-state index is 0.890. The van der Waals surface area contributed by atoms with Crippen molar-refractivity contribution in [3.63, 3.8) is 0 Å². The Bertz CT molecular complexity index is 1250. The molecule has 1 heteroatoms. The number of fused-ring (bicyclic) bond motifs is 6. The molecule has 1 nitrogen and oxygen atoms in total. The van der Waals surface area contributed by atoms with Crippen molar-refractivity contribution in [2.75, 3.05) is 0 Å². The predicted octanol–water partition coefficient (Wildman–Crippen LogP) is 4.65. The standard InChI is InChI=1S/C23H16O/c1-14-11-22-20(18-9-5-3-7-16(14)18)13-21-19-10-6-4-8-17(19)15(2)12-23(21)24-22/h3-13H,1H2,2H3. The Morgan fingerprint density at radius 3 is 2.21 bits per heavy atom. The topological polar surface area (TPSA) is 9.23 Å². The fraction of sp³-hybridized carbons (Fsp3) is 0.0435. The van der Waals surface area contributed by atoms with Gasteiger partial charge < -0.3 is 4.74 Å². The normalized spacial score (nSPS) is 12.4. The molecule has 0 unspecified atom stereocenters. The van der Waals surface area contributed by atoms with Crippen molar-refractivity contribution < 1.29 is 4.74 Å². The summed E-state index contributed by atoms with van der Waals surface area (Å²) in [5.41, 5.74) is 2.39. The van der Waals surface area contributed by atoms with Crippen LogP contribution >= 0.6 is 0 Å². The average Bonchev–Trinajstić information content (AvgIpc) is 2.61.